The van der Waals surface area contributed by atoms with Crippen LogP contribution in [0, 0.1) is 0 Å². The van der Waals surface area contributed by atoms with Gasteiger partial charge in [0.05, 0.1) is 10.8 Å². The molecule has 0 fully saturated rings. The van der Waals surface area contributed by atoms with Crippen molar-refractivity contribution in [3.63, 3.8) is 0 Å². The molecule has 0 N–H and O–H groups in total. The summed E-state index contributed by atoms with van der Waals surface area (Å²) in [5.41, 5.74) is 27.5. The molecule has 0 amide bonds. The summed E-state index contributed by atoms with van der Waals surface area (Å²) in [6, 6.07) is 146. The molecule has 0 spiro atoms. The quantitative estimate of drug-likeness (QED) is 0.122. The number of thiophene rings is 1. The first kappa shape index (κ1) is 60.3. The van der Waals surface area contributed by atoms with Crippen LogP contribution in [0.5, 0.6) is 0 Å². The van der Waals surface area contributed by atoms with E-state index in [1.807, 2.05) is 23.5 Å². The lowest BCUT2D eigenvalue weighted by atomic mass is 9.67. The van der Waals surface area contributed by atoms with Crippen molar-refractivity contribution >= 4 is 87.6 Å². The number of para-hydroxylation sites is 4. The molecular formula is C98H66N2OS. The zero-order chi connectivity index (χ0) is 67.6. The second kappa shape index (κ2) is 25.1. The molecule has 0 aliphatic heterocycles. The van der Waals surface area contributed by atoms with Gasteiger partial charge in [0.15, 0.2) is 0 Å². The molecule has 4 heteroatoms. The Kier molecular flexibility index (Phi) is 14.9. The first-order valence-electron chi connectivity index (χ1n) is 35.0. The fourth-order valence-corrected chi connectivity index (χ4v) is 18.0. The number of benzene rings is 16. The standard InChI is InChI=1S/C49H33NO.C49H33NS/c2*1-4-17-35(18-5-1)49(36-19-6-2-7-20-36)45-28-12-10-24-41(45)42-31-30-39(33-46(42)49)50(37-21-8-3-9-22-37)38-23-14-16-34(32-38)40-26-15-27-44-43-25-11-13-29-47(43)51-48(40)44/h2*1-33H. The van der Waals surface area contributed by atoms with Crippen LogP contribution >= 0.6 is 11.3 Å². The Morgan fingerprint density at radius 2 is 0.578 bits per heavy atom. The molecule has 16 aromatic carbocycles. The Morgan fingerprint density at radius 3 is 1.09 bits per heavy atom. The van der Waals surface area contributed by atoms with Crippen molar-refractivity contribution in [1.29, 1.82) is 0 Å². The molecule has 0 radical (unpaired) electrons. The van der Waals surface area contributed by atoms with Gasteiger partial charge in [-0.25, -0.2) is 0 Å². The van der Waals surface area contributed by atoms with E-state index >= 15 is 0 Å². The van der Waals surface area contributed by atoms with Gasteiger partial charge in [0.2, 0.25) is 0 Å². The zero-order valence-corrected chi connectivity index (χ0v) is 56.6. The molecule has 2 aromatic heterocycles. The Bertz CT molecular complexity index is 5690. The molecule has 3 nitrogen and oxygen atoms in total. The van der Waals surface area contributed by atoms with Gasteiger partial charge in [-0.3, -0.25) is 0 Å². The van der Waals surface area contributed by atoms with E-state index in [0.29, 0.717) is 0 Å². The van der Waals surface area contributed by atoms with Gasteiger partial charge in [0.25, 0.3) is 0 Å². The minimum absolute atomic E-state index is 0.467. The van der Waals surface area contributed by atoms with Gasteiger partial charge in [-0.2, -0.15) is 0 Å². The van der Waals surface area contributed by atoms with Crippen molar-refractivity contribution < 1.29 is 4.42 Å². The molecule has 18 aromatic rings. The third-order valence-corrected chi connectivity index (χ3v) is 22.3. The van der Waals surface area contributed by atoms with Crippen molar-refractivity contribution in [3.8, 4) is 44.5 Å². The van der Waals surface area contributed by atoms with Crippen molar-refractivity contribution in [2.24, 2.45) is 0 Å². The molecule has 2 aliphatic rings. The zero-order valence-electron chi connectivity index (χ0n) is 55.8. The van der Waals surface area contributed by atoms with E-state index in [1.165, 1.54) is 98.1 Å². The summed E-state index contributed by atoms with van der Waals surface area (Å²) in [4.78, 5) is 4.80. The average Bonchev–Trinajstić information content (AvgIpc) is 1.54. The topological polar surface area (TPSA) is 19.6 Å². The third kappa shape index (κ3) is 9.78. The Labute approximate surface area is 598 Å². The van der Waals surface area contributed by atoms with Crippen molar-refractivity contribution in [3.05, 3.63) is 445 Å². The van der Waals surface area contributed by atoms with E-state index in [2.05, 4.69) is 398 Å². The Balaban J connectivity index is 0.000000141. The first-order chi connectivity index (χ1) is 50.6. The van der Waals surface area contributed by atoms with Crippen molar-refractivity contribution in [2.45, 2.75) is 10.8 Å². The molecule has 20 rings (SSSR count). The minimum Gasteiger partial charge on any atom is -0.455 e. The fraction of sp³-hybridized carbons (Fsp3) is 0.0204. The highest BCUT2D eigenvalue weighted by Gasteiger charge is 2.48. The summed E-state index contributed by atoms with van der Waals surface area (Å²) in [7, 11) is 0. The number of anilines is 6. The van der Waals surface area contributed by atoms with E-state index in [4.69, 9.17) is 4.42 Å². The average molecular weight is 1320 g/mol. The van der Waals surface area contributed by atoms with Gasteiger partial charge in [0.1, 0.15) is 11.2 Å². The van der Waals surface area contributed by atoms with Crippen LogP contribution in [-0.2, 0) is 10.8 Å². The summed E-state index contributed by atoms with van der Waals surface area (Å²) in [6.07, 6.45) is 0. The first-order valence-corrected chi connectivity index (χ1v) is 35.9. The predicted octanol–water partition coefficient (Wildman–Crippen LogP) is 26.6. The van der Waals surface area contributed by atoms with Crippen LogP contribution in [0.1, 0.15) is 44.5 Å². The van der Waals surface area contributed by atoms with Crippen LogP contribution in [0.4, 0.5) is 34.1 Å². The summed E-state index contributed by atoms with van der Waals surface area (Å²) in [6.45, 7) is 0. The highest BCUT2D eigenvalue weighted by molar-refractivity contribution is 7.26. The maximum absolute atomic E-state index is 6.48. The maximum Gasteiger partial charge on any atom is 0.143 e. The van der Waals surface area contributed by atoms with E-state index < -0.39 is 10.8 Å². The van der Waals surface area contributed by atoms with Crippen molar-refractivity contribution in [1.82, 2.24) is 0 Å². The Hall–Kier alpha value is -12.9. The van der Waals surface area contributed by atoms with Crippen LogP contribution in [0.2, 0.25) is 0 Å². The summed E-state index contributed by atoms with van der Waals surface area (Å²) in [5.74, 6) is 0. The summed E-state index contributed by atoms with van der Waals surface area (Å²) < 4.78 is 9.13. The number of hydrogen-bond donors (Lipinski definition) is 0. The smallest absolute Gasteiger partial charge is 0.143 e. The molecule has 480 valence electrons. The van der Waals surface area contributed by atoms with Crippen LogP contribution in [-0.4, -0.2) is 0 Å². The number of rotatable bonds is 12. The largest absolute Gasteiger partial charge is 0.455 e. The number of nitrogens with zero attached hydrogens (tertiary/aromatic N) is 2. The molecule has 2 aliphatic carbocycles. The van der Waals surface area contributed by atoms with E-state index in [1.54, 1.807) is 0 Å². The van der Waals surface area contributed by atoms with E-state index in [0.717, 1.165) is 67.2 Å². The van der Waals surface area contributed by atoms with Gasteiger partial charge < -0.3 is 14.2 Å². The van der Waals surface area contributed by atoms with Gasteiger partial charge in [-0.05, 0) is 168 Å². The number of fused-ring (bicyclic) bond motifs is 12. The van der Waals surface area contributed by atoms with Gasteiger partial charge in [0, 0.05) is 70.6 Å². The van der Waals surface area contributed by atoms with Crippen LogP contribution in [0.25, 0.3) is 86.6 Å². The molecular weight excluding hydrogens is 1250 g/mol. The fourth-order valence-electron chi connectivity index (χ4n) is 16.8. The summed E-state index contributed by atoms with van der Waals surface area (Å²) in [5, 5.41) is 4.90. The van der Waals surface area contributed by atoms with E-state index in [9.17, 15) is 0 Å². The lowest BCUT2D eigenvalue weighted by Crippen LogP contribution is -2.28. The van der Waals surface area contributed by atoms with Crippen LogP contribution < -0.4 is 9.80 Å². The van der Waals surface area contributed by atoms with E-state index in [-0.39, 0.29) is 0 Å². The summed E-state index contributed by atoms with van der Waals surface area (Å²) >= 11 is 1.88. The van der Waals surface area contributed by atoms with Gasteiger partial charge >= 0.3 is 0 Å². The minimum atomic E-state index is -0.481. The molecule has 0 unspecified atom stereocenters. The van der Waals surface area contributed by atoms with Gasteiger partial charge in [-0.15, -0.1) is 11.3 Å². The monoisotopic (exact) mass is 1320 g/mol. The lowest BCUT2D eigenvalue weighted by molar-refractivity contribution is 0.670. The normalized spacial score (nSPS) is 12.9. The molecule has 102 heavy (non-hydrogen) atoms. The van der Waals surface area contributed by atoms with Crippen molar-refractivity contribution in [2.75, 3.05) is 9.80 Å². The van der Waals surface area contributed by atoms with Crippen LogP contribution in [0.3, 0.4) is 0 Å². The second-order valence-electron chi connectivity index (χ2n) is 26.5. The number of furan rings is 1. The second-order valence-corrected chi connectivity index (χ2v) is 27.6. The Morgan fingerprint density at radius 1 is 0.225 bits per heavy atom. The molecule has 0 bridgehead atoms. The third-order valence-electron chi connectivity index (χ3n) is 21.1. The molecule has 0 saturated carbocycles. The predicted molar refractivity (Wildman–Crippen MR) is 428 cm³/mol. The number of hydrogen-bond acceptors (Lipinski definition) is 4. The maximum atomic E-state index is 6.48. The van der Waals surface area contributed by atoms with Crippen LogP contribution in [0.15, 0.2) is 405 Å². The van der Waals surface area contributed by atoms with Gasteiger partial charge in [-0.1, -0.05) is 315 Å². The lowest BCUT2D eigenvalue weighted by Gasteiger charge is -2.35. The molecule has 0 atom stereocenters. The molecule has 0 saturated heterocycles. The molecule has 2 heterocycles. The highest BCUT2D eigenvalue weighted by Crippen LogP contribution is 2.60. The highest BCUT2D eigenvalue weighted by atomic mass is 32.1. The SMILES string of the molecule is c1ccc(N(c2cccc(-c3cccc4c3oc3ccccc34)c2)c2ccc3c(c2)C(c2ccccc2)(c2ccccc2)c2ccccc2-3)cc1.c1ccc(N(c2cccc(-c3cccc4c3sc3ccccc34)c2)c2ccc3c(c2)C(c2ccccc2)(c2ccccc2)c2ccccc2-3)cc1.